The molecule has 4 nitrogen and oxygen atoms in total. The second-order valence-corrected chi connectivity index (χ2v) is 11.6. The van der Waals surface area contributed by atoms with E-state index in [4.69, 9.17) is 14.4 Å². The van der Waals surface area contributed by atoms with Crippen LogP contribution in [0.5, 0.6) is 0 Å². The fourth-order valence-corrected chi connectivity index (χ4v) is 6.89. The van der Waals surface area contributed by atoms with E-state index in [0.29, 0.717) is 0 Å². The largest absolute Gasteiger partial charge is 0.455 e. The molecule has 0 unspecified atom stereocenters. The Morgan fingerprint density at radius 1 is 0.422 bits per heavy atom. The number of fused-ring (bicyclic) bond motifs is 10. The lowest BCUT2D eigenvalue weighted by Crippen LogP contribution is -1.92. The maximum absolute atomic E-state index is 6.30. The number of para-hydroxylation sites is 1. The van der Waals surface area contributed by atoms with Crippen molar-refractivity contribution in [2.24, 2.45) is 0 Å². The quantitative estimate of drug-likeness (QED) is 0.152. The summed E-state index contributed by atoms with van der Waals surface area (Å²) in [6.45, 7) is 0. The molecule has 0 bridgehead atoms. The third kappa shape index (κ3) is 3.63. The van der Waals surface area contributed by atoms with Gasteiger partial charge >= 0.3 is 0 Å². The van der Waals surface area contributed by atoms with E-state index < -0.39 is 0 Å². The highest BCUT2D eigenvalue weighted by atomic mass is 16.3. The van der Waals surface area contributed by atoms with Gasteiger partial charge in [0, 0.05) is 44.3 Å². The Bertz CT molecular complexity index is 2830. The highest BCUT2D eigenvalue weighted by Crippen LogP contribution is 2.39. The van der Waals surface area contributed by atoms with Crippen LogP contribution in [0.2, 0.25) is 0 Å². The van der Waals surface area contributed by atoms with Crippen LogP contribution >= 0.6 is 0 Å². The molecule has 0 saturated heterocycles. The van der Waals surface area contributed by atoms with Gasteiger partial charge in [-0.15, -0.1) is 0 Å². The molecule has 45 heavy (non-hydrogen) atoms. The molecule has 0 aliphatic rings. The molecular formula is C41H23N3O. The van der Waals surface area contributed by atoms with Crippen LogP contribution in [0, 0.1) is 0 Å². The molecule has 0 spiro atoms. The van der Waals surface area contributed by atoms with E-state index in [1.54, 1.807) is 0 Å². The first-order chi connectivity index (χ1) is 22.3. The first kappa shape index (κ1) is 24.3. The van der Waals surface area contributed by atoms with E-state index in [1.165, 1.54) is 10.8 Å². The molecule has 0 N–H and O–H groups in total. The zero-order valence-electron chi connectivity index (χ0n) is 24.0. The van der Waals surface area contributed by atoms with Gasteiger partial charge in [-0.2, -0.15) is 0 Å². The van der Waals surface area contributed by atoms with Crippen LogP contribution in [0.3, 0.4) is 0 Å². The van der Waals surface area contributed by atoms with Gasteiger partial charge in [0.05, 0.1) is 27.9 Å². The third-order valence-electron chi connectivity index (χ3n) is 9.08. The van der Waals surface area contributed by atoms with E-state index in [2.05, 4.69) is 114 Å². The van der Waals surface area contributed by atoms with E-state index in [1.807, 2.05) is 30.5 Å². The molecule has 4 heteroatoms. The van der Waals surface area contributed by atoms with Gasteiger partial charge in [0.25, 0.3) is 0 Å². The molecule has 10 rings (SSSR count). The molecular weight excluding hydrogens is 550 g/mol. The third-order valence-corrected chi connectivity index (χ3v) is 9.08. The predicted molar refractivity (Wildman–Crippen MR) is 186 cm³/mol. The van der Waals surface area contributed by atoms with Crippen molar-refractivity contribution < 1.29 is 4.42 Å². The Labute approximate surface area is 257 Å². The van der Waals surface area contributed by atoms with Crippen LogP contribution in [0.1, 0.15) is 0 Å². The van der Waals surface area contributed by atoms with Gasteiger partial charge in [-0.05, 0) is 76.1 Å². The lowest BCUT2D eigenvalue weighted by Gasteiger charge is -2.14. The molecule has 0 saturated carbocycles. The second kappa shape index (κ2) is 9.18. The summed E-state index contributed by atoms with van der Waals surface area (Å²) in [5, 5.41) is 10.1. The van der Waals surface area contributed by atoms with Gasteiger partial charge in [-0.25, -0.2) is 9.97 Å². The lowest BCUT2D eigenvalue weighted by molar-refractivity contribution is 0.672. The lowest BCUT2D eigenvalue weighted by atomic mass is 9.92. The number of pyridine rings is 3. The Hall–Kier alpha value is -6.13. The summed E-state index contributed by atoms with van der Waals surface area (Å²) >= 11 is 0. The highest BCUT2D eigenvalue weighted by Gasteiger charge is 2.16. The number of nitrogens with zero attached hydrogens (tertiary/aromatic N) is 3. The van der Waals surface area contributed by atoms with E-state index in [0.717, 1.165) is 87.9 Å². The molecule has 0 aliphatic carbocycles. The van der Waals surface area contributed by atoms with Crippen molar-refractivity contribution in [3.05, 3.63) is 140 Å². The minimum atomic E-state index is 0.878. The molecule has 0 amide bonds. The number of benzene rings is 6. The van der Waals surface area contributed by atoms with Crippen LogP contribution in [0.25, 0.3) is 98.7 Å². The van der Waals surface area contributed by atoms with E-state index >= 15 is 0 Å². The maximum Gasteiger partial charge on any atom is 0.144 e. The fourth-order valence-electron chi connectivity index (χ4n) is 6.89. The van der Waals surface area contributed by atoms with Gasteiger partial charge in [0.15, 0.2) is 0 Å². The van der Waals surface area contributed by atoms with Crippen molar-refractivity contribution in [1.82, 2.24) is 15.0 Å². The highest BCUT2D eigenvalue weighted by molar-refractivity contribution is 6.15. The Kier molecular flexibility index (Phi) is 4.96. The van der Waals surface area contributed by atoms with Crippen molar-refractivity contribution in [3.63, 3.8) is 0 Å². The fraction of sp³-hybridized carbons (Fsp3) is 0. The van der Waals surface area contributed by atoms with Crippen LogP contribution in [0.4, 0.5) is 0 Å². The normalized spacial score (nSPS) is 12.0. The molecule has 0 atom stereocenters. The minimum Gasteiger partial charge on any atom is -0.455 e. The standard InChI is InChI=1S/C41H23N3O/c1-2-7-27-23-34-29(36-18-13-25-12-11-24-8-5-21-42-39(24)40(25)44-36)15-14-28(33(34)22-26(27)6-1)35-20-17-32-37(43-35)19-16-31-30-9-3-4-10-38(30)45-41(31)32/h1-23H. The number of furan rings is 1. The predicted octanol–water partition coefficient (Wildman–Crippen LogP) is 10.9. The molecule has 0 aliphatic heterocycles. The zero-order valence-corrected chi connectivity index (χ0v) is 24.0. The monoisotopic (exact) mass is 573 g/mol. The summed E-state index contributed by atoms with van der Waals surface area (Å²) < 4.78 is 6.30. The summed E-state index contributed by atoms with van der Waals surface area (Å²) in [7, 11) is 0. The average Bonchev–Trinajstić information content (AvgIpc) is 3.49. The summed E-state index contributed by atoms with van der Waals surface area (Å²) in [6, 6.07) is 46.7. The Morgan fingerprint density at radius 3 is 1.89 bits per heavy atom. The molecule has 208 valence electrons. The SMILES string of the molecule is c1ccc2cc3c(-c4ccc5ccc6cccnc6c5n4)ccc(-c4ccc5c(ccc6c7ccccc7oc56)n4)c3cc2c1. The summed E-state index contributed by atoms with van der Waals surface area (Å²) in [5.41, 5.74) is 8.52. The topological polar surface area (TPSA) is 51.8 Å². The van der Waals surface area contributed by atoms with E-state index in [-0.39, 0.29) is 0 Å². The first-order valence-corrected chi connectivity index (χ1v) is 15.1. The van der Waals surface area contributed by atoms with Crippen molar-refractivity contribution in [3.8, 4) is 22.5 Å². The van der Waals surface area contributed by atoms with Crippen LogP contribution in [-0.4, -0.2) is 15.0 Å². The zero-order chi connectivity index (χ0) is 29.5. The Balaban J connectivity index is 1.21. The molecule has 0 radical (unpaired) electrons. The van der Waals surface area contributed by atoms with Gasteiger partial charge in [-0.1, -0.05) is 78.9 Å². The maximum atomic E-state index is 6.30. The number of hydrogen-bond acceptors (Lipinski definition) is 4. The van der Waals surface area contributed by atoms with Gasteiger partial charge in [-0.3, -0.25) is 4.98 Å². The smallest absolute Gasteiger partial charge is 0.144 e. The number of rotatable bonds is 2. The first-order valence-electron chi connectivity index (χ1n) is 15.1. The average molecular weight is 574 g/mol. The second-order valence-electron chi connectivity index (χ2n) is 11.6. The van der Waals surface area contributed by atoms with Gasteiger partial charge in [0.1, 0.15) is 11.2 Å². The van der Waals surface area contributed by atoms with Crippen molar-refractivity contribution >= 4 is 76.2 Å². The molecule has 10 aromatic rings. The molecule has 4 aromatic heterocycles. The van der Waals surface area contributed by atoms with Gasteiger partial charge < -0.3 is 4.42 Å². The van der Waals surface area contributed by atoms with Crippen LogP contribution in [0.15, 0.2) is 144 Å². The summed E-state index contributed by atoms with van der Waals surface area (Å²) in [6.07, 6.45) is 1.84. The number of hydrogen-bond donors (Lipinski definition) is 0. The summed E-state index contributed by atoms with van der Waals surface area (Å²) in [5.74, 6) is 0. The van der Waals surface area contributed by atoms with Crippen molar-refractivity contribution in [2.75, 3.05) is 0 Å². The molecule has 4 heterocycles. The van der Waals surface area contributed by atoms with Crippen LogP contribution in [-0.2, 0) is 0 Å². The molecule has 6 aromatic carbocycles. The van der Waals surface area contributed by atoms with Crippen molar-refractivity contribution in [2.45, 2.75) is 0 Å². The summed E-state index contributed by atoms with van der Waals surface area (Å²) in [4.78, 5) is 15.1. The molecule has 0 fully saturated rings. The minimum absolute atomic E-state index is 0.878. The Morgan fingerprint density at radius 2 is 1.07 bits per heavy atom. The van der Waals surface area contributed by atoms with Crippen LogP contribution < -0.4 is 0 Å². The van der Waals surface area contributed by atoms with E-state index in [9.17, 15) is 0 Å². The van der Waals surface area contributed by atoms with Crippen molar-refractivity contribution in [1.29, 1.82) is 0 Å². The number of aromatic nitrogens is 3. The van der Waals surface area contributed by atoms with Gasteiger partial charge in [0.2, 0.25) is 0 Å².